The van der Waals surface area contributed by atoms with Gasteiger partial charge >= 0.3 is 0 Å². The fourth-order valence-corrected chi connectivity index (χ4v) is 3.56. The van der Waals surface area contributed by atoms with E-state index in [1.165, 1.54) is 5.57 Å². The molecule has 0 N–H and O–H groups in total. The van der Waals surface area contributed by atoms with E-state index in [0.717, 1.165) is 55.3 Å². The number of fused-ring (bicyclic) bond motifs is 1. The third kappa shape index (κ3) is 4.54. The predicted molar refractivity (Wildman–Crippen MR) is 111 cm³/mol. The zero-order chi connectivity index (χ0) is 20.2. The lowest BCUT2D eigenvalue weighted by Gasteiger charge is -2.33. The Morgan fingerprint density at radius 1 is 1.31 bits per heavy atom. The molecule has 0 saturated carbocycles. The summed E-state index contributed by atoms with van der Waals surface area (Å²) in [4.78, 5) is 15.7. The van der Waals surface area contributed by atoms with Gasteiger partial charge in [0.25, 0.3) is 0 Å². The van der Waals surface area contributed by atoms with Crippen molar-refractivity contribution in [2.45, 2.75) is 39.3 Å². The molecule has 2 aromatic heterocycles. The van der Waals surface area contributed by atoms with Crippen molar-refractivity contribution in [3.63, 3.8) is 0 Å². The van der Waals surface area contributed by atoms with Gasteiger partial charge in [-0.2, -0.15) is 0 Å². The zero-order valence-corrected chi connectivity index (χ0v) is 17.0. The van der Waals surface area contributed by atoms with E-state index in [0.29, 0.717) is 11.6 Å². The molecule has 0 spiro atoms. The van der Waals surface area contributed by atoms with E-state index in [1.807, 2.05) is 19.1 Å². The molecular weight excluding hydrogens is 364 g/mol. The Morgan fingerprint density at radius 3 is 2.97 bits per heavy atom. The number of ether oxygens (including phenoxy) is 2. The Labute approximate surface area is 171 Å². The van der Waals surface area contributed by atoms with Crippen molar-refractivity contribution < 1.29 is 9.47 Å². The summed E-state index contributed by atoms with van der Waals surface area (Å²) < 4.78 is 11.3. The molecule has 0 amide bonds. The molecule has 1 atom stereocenters. The minimum absolute atomic E-state index is 0.232. The fraction of sp³-hybridized carbons (Fsp3) is 0.348. The molecule has 6 heteroatoms. The number of hydrogen-bond donors (Lipinski definition) is 0. The first-order valence-electron chi connectivity index (χ1n) is 9.96. The molecule has 1 unspecified atom stereocenters. The van der Waals surface area contributed by atoms with E-state index in [1.54, 1.807) is 18.6 Å². The largest absolute Gasteiger partial charge is 0.498 e. The molecule has 0 aromatic carbocycles. The van der Waals surface area contributed by atoms with Crippen LogP contribution in [-0.2, 0) is 17.7 Å². The minimum atomic E-state index is 0.232. The predicted octanol–water partition coefficient (Wildman–Crippen LogP) is 4.22. The molecule has 2 aliphatic heterocycles. The number of hydrogen-bond acceptors (Lipinski definition) is 6. The maximum absolute atomic E-state index is 5.76. The van der Waals surface area contributed by atoms with Gasteiger partial charge in [-0.15, -0.1) is 0 Å². The standard InChI is InChI=1S/C23H26N4O2/c1-16(6-7-19-9-12-28-18(19)3)17(2)27-11-8-21-22(15-27)25-14-23(26-21)29-20-5-4-10-24-13-20/h4-7,10,13-14,17H,1,8-9,11-12,15H2,2-3H3/b7-6-. The number of allylic oxidation sites excluding steroid dienone is 2. The summed E-state index contributed by atoms with van der Waals surface area (Å²) in [5, 5.41) is 0. The summed E-state index contributed by atoms with van der Waals surface area (Å²) in [6, 6.07) is 3.92. The van der Waals surface area contributed by atoms with E-state index in [-0.39, 0.29) is 6.04 Å². The highest BCUT2D eigenvalue weighted by molar-refractivity contribution is 5.32. The maximum Gasteiger partial charge on any atom is 0.238 e. The van der Waals surface area contributed by atoms with Gasteiger partial charge in [0.1, 0.15) is 5.75 Å². The van der Waals surface area contributed by atoms with E-state index in [2.05, 4.69) is 45.5 Å². The first kappa shape index (κ1) is 19.3. The average Bonchev–Trinajstić information content (AvgIpc) is 3.16. The van der Waals surface area contributed by atoms with Crippen molar-refractivity contribution in [1.82, 2.24) is 19.9 Å². The van der Waals surface area contributed by atoms with Crippen molar-refractivity contribution in [1.29, 1.82) is 0 Å². The lowest BCUT2D eigenvalue weighted by molar-refractivity contribution is 0.210. The highest BCUT2D eigenvalue weighted by atomic mass is 16.5. The molecular formula is C23H26N4O2. The zero-order valence-electron chi connectivity index (χ0n) is 17.0. The summed E-state index contributed by atoms with van der Waals surface area (Å²) in [5.41, 5.74) is 4.35. The van der Waals surface area contributed by atoms with Crippen LogP contribution in [0.5, 0.6) is 11.6 Å². The molecule has 0 aliphatic carbocycles. The normalized spacial score (nSPS) is 17.9. The second-order valence-corrected chi connectivity index (χ2v) is 7.38. The van der Waals surface area contributed by atoms with Crippen LogP contribution < -0.4 is 4.74 Å². The summed E-state index contributed by atoms with van der Waals surface area (Å²) in [5.74, 6) is 2.19. The smallest absolute Gasteiger partial charge is 0.238 e. The van der Waals surface area contributed by atoms with E-state index >= 15 is 0 Å². The molecule has 2 aliphatic rings. The molecule has 6 nitrogen and oxygen atoms in total. The van der Waals surface area contributed by atoms with Gasteiger partial charge in [-0.05, 0) is 37.1 Å². The van der Waals surface area contributed by atoms with Crippen LogP contribution in [0.4, 0.5) is 0 Å². The van der Waals surface area contributed by atoms with Crippen molar-refractivity contribution >= 4 is 0 Å². The lowest BCUT2D eigenvalue weighted by Crippen LogP contribution is -2.39. The van der Waals surface area contributed by atoms with Crippen LogP contribution in [0.2, 0.25) is 0 Å². The van der Waals surface area contributed by atoms with Crippen molar-refractivity contribution in [2.75, 3.05) is 13.2 Å². The Hall–Kier alpha value is -2.99. The molecule has 4 rings (SSSR count). The molecule has 0 bridgehead atoms. The van der Waals surface area contributed by atoms with E-state index < -0.39 is 0 Å². The Morgan fingerprint density at radius 2 is 2.21 bits per heavy atom. The number of nitrogens with zero attached hydrogens (tertiary/aromatic N) is 4. The first-order valence-corrected chi connectivity index (χ1v) is 9.96. The average molecular weight is 390 g/mol. The van der Waals surface area contributed by atoms with Gasteiger partial charge in [-0.1, -0.05) is 18.7 Å². The monoisotopic (exact) mass is 390 g/mol. The third-order valence-corrected chi connectivity index (χ3v) is 5.48. The number of rotatable bonds is 6. The van der Waals surface area contributed by atoms with E-state index in [9.17, 15) is 0 Å². The van der Waals surface area contributed by atoms with Crippen molar-refractivity contribution in [2.24, 2.45) is 0 Å². The number of pyridine rings is 1. The maximum atomic E-state index is 5.76. The van der Waals surface area contributed by atoms with Crippen LogP contribution in [0, 0.1) is 0 Å². The highest BCUT2D eigenvalue weighted by Gasteiger charge is 2.24. The van der Waals surface area contributed by atoms with Crippen LogP contribution in [0.15, 0.2) is 66.4 Å². The van der Waals surface area contributed by atoms with Crippen LogP contribution in [0.3, 0.4) is 0 Å². The molecule has 2 aromatic rings. The Bertz CT molecular complexity index is 953. The summed E-state index contributed by atoms with van der Waals surface area (Å²) in [7, 11) is 0. The fourth-order valence-electron chi connectivity index (χ4n) is 3.56. The van der Waals surface area contributed by atoms with Crippen molar-refractivity contribution in [3.05, 3.63) is 77.7 Å². The quantitative estimate of drug-likeness (QED) is 0.689. The second-order valence-electron chi connectivity index (χ2n) is 7.38. The summed E-state index contributed by atoms with van der Waals surface area (Å²) >= 11 is 0. The molecule has 29 heavy (non-hydrogen) atoms. The molecule has 0 fully saturated rings. The summed E-state index contributed by atoms with van der Waals surface area (Å²) in [6.07, 6.45) is 11.1. The minimum Gasteiger partial charge on any atom is -0.498 e. The Balaban J connectivity index is 1.39. The summed E-state index contributed by atoms with van der Waals surface area (Å²) in [6.45, 7) is 10.9. The van der Waals surface area contributed by atoms with Crippen LogP contribution in [0.25, 0.3) is 0 Å². The van der Waals surface area contributed by atoms with Gasteiger partial charge in [0.15, 0.2) is 0 Å². The van der Waals surface area contributed by atoms with Crippen LogP contribution in [0.1, 0.15) is 31.7 Å². The third-order valence-electron chi connectivity index (χ3n) is 5.48. The van der Waals surface area contributed by atoms with Gasteiger partial charge in [-0.3, -0.25) is 14.9 Å². The van der Waals surface area contributed by atoms with Crippen molar-refractivity contribution in [3.8, 4) is 11.6 Å². The Kier molecular flexibility index (Phi) is 5.71. The van der Waals surface area contributed by atoms with E-state index in [4.69, 9.17) is 9.47 Å². The van der Waals surface area contributed by atoms with Crippen LogP contribution in [-0.4, -0.2) is 39.0 Å². The first-order chi connectivity index (χ1) is 14.1. The van der Waals surface area contributed by atoms with Gasteiger partial charge in [-0.25, -0.2) is 4.98 Å². The highest BCUT2D eigenvalue weighted by Crippen LogP contribution is 2.25. The second kappa shape index (κ2) is 8.57. The molecule has 150 valence electrons. The van der Waals surface area contributed by atoms with Gasteiger partial charge in [0.2, 0.25) is 5.88 Å². The number of aromatic nitrogens is 3. The SMILES string of the molecule is C=C(/C=C\C1=C(C)OCC1)C(C)N1CCc2nc(Oc3cccnc3)cnc2C1. The van der Waals surface area contributed by atoms with Gasteiger partial charge in [0, 0.05) is 38.2 Å². The van der Waals surface area contributed by atoms with Crippen LogP contribution >= 0.6 is 0 Å². The molecule has 4 heterocycles. The molecule has 0 saturated heterocycles. The molecule has 0 radical (unpaired) electrons. The van der Waals surface area contributed by atoms with Gasteiger partial charge < -0.3 is 9.47 Å². The topological polar surface area (TPSA) is 60.4 Å². The lowest BCUT2D eigenvalue weighted by atomic mass is 10.0. The van der Waals surface area contributed by atoms with Gasteiger partial charge in [0.05, 0.1) is 36.1 Å².